The molecule has 0 aliphatic carbocycles. The second kappa shape index (κ2) is 7.61. The third kappa shape index (κ3) is 3.77. The Kier molecular flexibility index (Phi) is 4.23. The third-order valence-corrected chi connectivity index (χ3v) is 5.68. The maximum Gasteiger partial charge on any atom is 0.335 e. The van der Waals surface area contributed by atoms with Gasteiger partial charge in [0.25, 0.3) is 10.0 Å². The fourth-order valence-corrected chi connectivity index (χ4v) is 3.98. The summed E-state index contributed by atoms with van der Waals surface area (Å²) in [7, 11) is -5.22. The van der Waals surface area contributed by atoms with E-state index in [1.165, 1.54) is 6.92 Å². The van der Waals surface area contributed by atoms with Gasteiger partial charge in [0.1, 0.15) is 24.1 Å². The van der Waals surface area contributed by atoms with Crippen LogP contribution in [-0.2, 0) is 19.6 Å². The maximum atomic E-state index is 13.6. The van der Waals surface area contributed by atoms with Crippen LogP contribution in [0.15, 0.2) is 39.7 Å². The summed E-state index contributed by atoms with van der Waals surface area (Å²) in [5.41, 5.74) is 4.88. The van der Waals surface area contributed by atoms with Crippen molar-refractivity contribution in [3.05, 3.63) is 36.0 Å². The number of carboxylic acid groups (broad SMARTS) is 1. The zero-order valence-corrected chi connectivity index (χ0v) is 15.5. The first-order chi connectivity index (χ1) is 15.2. The summed E-state index contributed by atoms with van der Waals surface area (Å²) in [5, 5.41) is 43.3. The highest BCUT2D eigenvalue weighted by Crippen LogP contribution is 2.32. The van der Waals surface area contributed by atoms with Crippen LogP contribution in [0.25, 0.3) is 0 Å². The van der Waals surface area contributed by atoms with E-state index in [1.54, 1.807) is 0 Å². The lowest BCUT2D eigenvalue weighted by molar-refractivity contribution is -0.224. The van der Waals surface area contributed by atoms with E-state index in [0.717, 1.165) is 6.07 Å². The van der Waals surface area contributed by atoms with Gasteiger partial charge >= 0.3 is 5.97 Å². The van der Waals surface area contributed by atoms with E-state index in [2.05, 4.69) is 5.16 Å². The number of hydrogen-bond donors (Lipinski definition) is 5. The minimum atomic E-state index is -5.22. The molecule has 6 N–H and O–H groups in total. The van der Waals surface area contributed by atoms with Gasteiger partial charge in [-0.25, -0.2) is 17.5 Å². The van der Waals surface area contributed by atoms with Crippen molar-refractivity contribution in [2.45, 2.75) is 42.5 Å². The lowest BCUT2D eigenvalue weighted by atomic mass is 9.98. The number of nitrogens with zero attached hydrogens (tertiary/aromatic N) is 2. The fraction of sp³-hybridized carbons (Fsp3) is 0.375. The highest BCUT2D eigenvalue weighted by molar-refractivity contribution is 7.92. The number of aryl methyl sites for hydroxylation is 1. The molecule has 13 heteroatoms. The summed E-state index contributed by atoms with van der Waals surface area (Å²) in [6.07, 6.45) is -11.0. The normalized spacial score (nSPS) is 29.4. The average molecular weight is 433 g/mol. The smallest absolute Gasteiger partial charge is 0.335 e. The molecule has 3 rings (SSSR count). The molecular formula is C16H19N3O9S. The van der Waals surface area contributed by atoms with Gasteiger partial charge in [0.15, 0.2) is 18.1 Å². The Morgan fingerprint density at radius 1 is 1.21 bits per heavy atom. The van der Waals surface area contributed by atoms with Crippen molar-refractivity contribution >= 4 is 27.5 Å². The number of nitrogens with two attached hydrogens (primary N) is 1. The quantitative estimate of drug-likeness (QED) is 0.350. The summed E-state index contributed by atoms with van der Waals surface area (Å²) in [6.45, 7) is 1.37. The van der Waals surface area contributed by atoms with Crippen LogP contribution in [-0.4, -0.2) is 70.6 Å². The van der Waals surface area contributed by atoms with Crippen LogP contribution in [0.3, 0.4) is 0 Å². The molecule has 1 saturated heterocycles. The molecule has 2 heterocycles. The largest absolute Gasteiger partial charge is 0.479 e. The van der Waals surface area contributed by atoms with Crippen molar-refractivity contribution in [1.82, 2.24) is 5.16 Å². The zero-order valence-electron chi connectivity index (χ0n) is 18.7. The molecule has 1 aromatic carbocycles. The lowest BCUT2D eigenvalue weighted by Gasteiger charge is -2.42. The summed E-state index contributed by atoms with van der Waals surface area (Å²) in [5.74, 6) is -2.33. The third-order valence-electron chi connectivity index (χ3n) is 4.04. The lowest BCUT2D eigenvalue weighted by Crippen LogP contribution is -2.65. The summed E-state index contributed by atoms with van der Waals surface area (Å²) in [6, 6.07) is -2.81. The first-order valence-electron chi connectivity index (χ1n) is 9.97. The maximum absolute atomic E-state index is 13.6. The van der Waals surface area contributed by atoms with E-state index in [9.17, 15) is 33.6 Å². The second-order valence-corrected chi connectivity index (χ2v) is 7.85. The van der Waals surface area contributed by atoms with Gasteiger partial charge < -0.3 is 35.4 Å². The summed E-state index contributed by atoms with van der Waals surface area (Å²) >= 11 is 0. The Labute approximate surface area is 170 Å². The molecule has 0 amide bonds. The topological polar surface area (TPSA) is 197 Å². The number of hydrogen-bond acceptors (Lipinski definition) is 10. The van der Waals surface area contributed by atoms with E-state index in [1.807, 2.05) is 0 Å². The van der Waals surface area contributed by atoms with Crippen LogP contribution < -0.4 is 10.0 Å². The number of carbonyl (C=O) groups is 1. The number of aromatic nitrogens is 1. The first-order valence-corrected chi connectivity index (χ1v) is 9.41. The Morgan fingerprint density at radius 2 is 1.83 bits per heavy atom. The molecule has 158 valence electrons. The predicted octanol–water partition coefficient (Wildman–Crippen LogP) is -1.35. The van der Waals surface area contributed by atoms with Gasteiger partial charge in [-0.15, -0.1) is 0 Å². The number of aliphatic carboxylic acids is 1. The minimum Gasteiger partial charge on any atom is -0.479 e. The number of carboxylic acids is 1. The number of benzene rings is 1. The molecule has 1 aromatic heterocycles. The molecule has 29 heavy (non-hydrogen) atoms. The molecule has 2 aromatic rings. The Balaban J connectivity index is 2.29. The van der Waals surface area contributed by atoms with Gasteiger partial charge in [0.05, 0.1) is 10.4 Å². The van der Waals surface area contributed by atoms with Gasteiger partial charge in [-0.05, 0) is 31.1 Å². The van der Waals surface area contributed by atoms with Gasteiger partial charge in [-0.3, -0.25) is 0 Å². The van der Waals surface area contributed by atoms with E-state index >= 15 is 0 Å². The average Bonchev–Trinajstić information content (AvgIpc) is 3.16. The monoisotopic (exact) mass is 433 g/mol. The van der Waals surface area contributed by atoms with Gasteiger partial charge in [-0.2, -0.15) is 0 Å². The van der Waals surface area contributed by atoms with Crippen molar-refractivity contribution in [1.29, 1.82) is 0 Å². The molecule has 5 atom stereocenters. The molecule has 0 radical (unpaired) electrons. The van der Waals surface area contributed by atoms with E-state index in [0.29, 0.717) is 0 Å². The van der Waals surface area contributed by atoms with Gasteiger partial charge in [0, 0.05) is 11.8 Å². The van der Waals surface area contributed by atoms with Gasteiger partial charge in [0.2, 0.25) is 0 Å². The van der Waals surface area contributed by atoms with Crippen LogP contribution >= 0.6 is 0 Å². The highest BCUT2D eigenvalue weighted by atomic mass is 32.2. The zero-order chi connectivity index (χ0) is 25.0. The molecule has 0 unspecified atom stereocenters. The van der Waals surface area contributed by atoms with Crippen LogP contribution in [0.2, 0.25) is 0 Å². The number of aliphatic hydroxyl groups is 3. The second-order valence-electron chi connectivity index (χ2n) is 6.10. The van der Waals surface area contributed by atoms with E-state index in [4.69, 9.17) is 20.5 Å². The molecule has 1 aliphatic heterocycles. The van der Waals surface area contributed by atoms with Crippen molar-refractivity contribution < 1.29 is 48.4 Å². The number of anilines is 2. The Morgan fingerprint density at radius 3 is 2.34 bits per heavy atom. The van der Waals surface area contributed by atoms with Crippen LogP contribution in [0.5, 0.6) is 0 Å². The van der Waals surface area contributed by atoms with Crippen molar-refractivity contribution in [2.75, 3.05) is 10.0 Å². The van der Waals surface area contributed by atoms with E-state index < -0.39 is 87.2 Å². The Bertz CT molecular complexity index is 1180. The molecular weight excluding hydrogens is 410 g/mol. The number of sulfonamides is 1. The fourth-order valence-electron chi connectivity index (χ4n) is 2.64. The predicted molar refractivity (Wildman–Crippen MR) is 96.1 cm³/mol. The number of aliphatic hydroxyl groups excluding tert-OH is 3. The SMILES string of the molecule is [2H]c1c([2H])c(S(=O)(=O)N(c2cc(C)on2)[C@@H]2O[C@H](C(=O)O)[C@@H](O)[C@H](O)[C@H]2O)c([2H])c([2H])c1N. The standard InChI is InChI=1S/C16H19N3O9S/c1-7-6-10(18-28-7)19(29(25,26)9-4-2-8(17)3-5-9)15-13(22)11(20)12(21)14(27-15)16(23)24/h2-6,11-15,20-22H,17H2,1H3,(H,23,24)/t11-,12-,13+,14-,15+/m0/s1/i2D,3D,4D,5D. The molecule has 0 bridgehead atoms. The molecule has 0 spiro atoms. The Hall–Kier alpha value is -2.71. The number of ether oxygens (including phenoxy) is 1. The summed E-state index contributed by atoms with van der Waals surface area (Å²) < 4.78 is 69.0. The van der Waals surface area contributed by atoms with Crippen molar-refractivity contribution in [3.63, 3.8) is 0 Å². The van der Waals surface area contributed by atoms with Crippen LogP contribution in [0.1, 0.15) is 11.2 Å². The van der Waals surface area contributed by atoms with Crippen LogP contribution in [0.4, 0.5) is 11.5 Å². The van der Waals surface area contributed by atoms with Crippen molar-refractivity contribution in [3.8, 4) is 0 Å². The number of nitrogen functional groups attached to an aromatic ring is 1. The van der Waals surface area contributed by atoms with Crippen molar-refractivity contribution in [2.24, 2.45) is 0 Å². The highest BCUT2D eigenvalue weighted by Gasteiger charge is 2.52. The first kappa shape index (κ1) is 16.1. The number of rotatable bonds is 5. The van der Waals surface area contributed by atoms with Gasteiger partial charge in [-0.1, -0.05) is 5.16 Å². The molecule has 0 saturated carbocycles. The summed E-state index contributed by atoms with van der Waals surface area (Å²) in [4.78, 5) is 10.3. The molecule has 1 fully saturated rings. The van der Waals surface area contributed by atoms with E-state index in [-0.39, 0.29) is 10.1 Å². The van der Waals surface area contributed by atoms with Crippen LogP contribution in [0, 0.1) is 6.92 Å². The minimum absolute atomic E-state index is 0.0581. The molecule has 12 nitrogen and oxygen atoms in total. The molecule has 1 aliphatic rings.